The van der Waals surface area contributed by atoms with E-state index in [1.165, 1.54) is 0 Å². The summed E-state index contributed by atoms with van der Waals surface area (Å²) in [6, 6.07) is 6.10. The van der Waals surface area contributed by atoms with Crippen molar-refractivity contribution >= 4 is 17.9 Å². The second-order valence-electron chi connectivity index (χ2n) is 11.4. The Labute approximate surface area is 211 Å². The maximum atomic E-state index is 14.1. The highest BCUT2D eigenvalue weighted by Crippen LogP contribution is 2.41. The molecule has 2 N–H and O–H groups in total. The van der Waals surface area contributed by atoms with Crippen LogP contribution < -0.4 is 10.6 Å². The second kappa shape index (κ2) is 11.9. The smallest absolute Gasteiger partial charge is 0.408 e. The minimum Gasteiger partial charge on any atom is -0.444 e. The Bertz CT molecular complexity index is 875. The van der Waals surface area contributed by atoms with Crippen LogP contribution in [0.4, 0.5) is 4.79 Å². The zero-order valence-electron chi connectivity index (χ0n) is 23.0. The number of benzene rings is 1. The summed E-state index contributed by atoms with van der Waals surface area (Å²) in [5.74, 6) is -0.361. The molecule has 0 bridgehead atoms. The summed E-state index contributed by atoms with van der Waals surface area (Å²) < 4.78 is 5.43. The molecule has 5 atom stereocenters. The molecule has 1 aromatic rings. The molecule has 1 aliphatic carbocycles. The van der Waals surface area contributed by atoms with Crippen LogP contribution in [-0.4, -0.2) is 46.5 Å². The number of amides is 3. The lowest BCUT2D eigenvalue weighted by Gasteiger charge is -2.36. The van der Waals surface area contributed by atoms with Gasteiger partial charge in [-0.25, -0.2) is 4.79 Å². The molecule has 0 aromatic heterocycles. The van der Waals surface area contributed by atoms with E-state index in [1.54, 1.807) is 25.7 Å². The molecule has 1 saturated carbocycles. The van der Waals surface area contributed by atoms with Crippen molar-refractivity contribution in [3.8, 4) is 0 Å². The molecule has 1 aliphatic rings. The fraction of sp³-hybridized carbons (Fsp3) is 0.679. The van der Waals surface area contributed by atoms with Gasteiger partial charge in [0, 0.05) is 12.1 Å². The second-order valence-corrected chi connectivity index (χ2v) is 11.4. The standard InChI is InChI=1S/C28H45N3O4/c1-10-11-20(6)29-25(32)24(21-14-12-18(4)13-15-21)31(22-16-19(22)5)26(33)23(17(2)3)30-27(34)35-28(7,8)9/h12-15,17,19-20,22-24H,10-11,16H2,1-9H3,(H,29,32)(H,30,34). The van der Waals surface area contributed by atoms with Gasteiger partial charge in [-0.2, -0.15) is 0 Å². The van der Waals surface area contributed by atoms with Crippen molar-refractivity contribution in [2.75, 3.05) is 0 Å². The highest BCUT2D eigenvalue weighted by atomic mass is 16.6. The first-order chi connectivity index (χ1) is 16.2. The summed E-state index contributed by atoms with van der Waals surface area (Å²) >= 11 is 0. The summed E-state index contributed by atoms with van der Waals surface area (Å²) in [6.07, 6.45) is 1.99. The monoisotopic (exact) mass is 487 g/mol. The number of carbonyl (C=O) groups is 3. The van der Waals surface area contributed by atoms with Crippen LogP contribution in [-0.2, 0) is 14.3 Å². The van der Waals surface area contributed by atoms with Gasteiger partial charge in [0.25, 0.3) is 0 Å². The maximum absolute atomic E-state index is 14.1. The Morgan fingerprint density at radius 2 is 1.66 bits per heavy atom. The number of alkyl carbamates (subject to hydrolysis) is 1. The minimum absolute atomic E-state index is 0.00480. The van der Waals surface area contributed by atoms with Gasteiger partial charge in [0.1, 0.15) is 17.7 Å². The number of hydrogen-bond acceptors (Lipinski definition) is 4. The first-order valence-corrected chi connectivity index (χ1v) is 12.9. The van der Waals surface area contributed by atoms with Gasteiger partial charge in [-0.15, -0.1) is 0 Å². The van der Waals surface area contributed by atoms with Crippen molar-refractivity contribution in [3.05, 3.63) is 35.4 Å². The average Bonchev–Trinajstić information content (AvgIpc) is 3.45. The van der Waals surface area contributed by atoms with Gasteiger partial charge in [-0.05, 0) is 64.9 Å². The average molecular weight is 488 g/mol. The molecule has 0 saturated heterocycles. The fourth-order valence-electron chi connectivity index (χ4n) is 4.29. The van der Waals surface area contributed by atoms with Crippen LogP contribution in [0, 0.1) is 18.8 Å². The summed E-state index contributed by atoms with van der Waals surface area (Å²) in [5, 5.41) is 5.90. The molecule has 0 aliphatic heterocycles. The number of ether oxygens (including phenoxy) is 1. The zero-order chi connectivity index (χ0) is 26.5. The molecule has 0 heterocycles. The van der Waals surface area contributed by atoms with E-state index in [1.807, 2.05) is 52.0 Å². The van der Waals surface area contributed by atoms with Gasteiger partial charge in [0.15, 0.2) is 0 Å². The summed E-state index contributed by atoms with van der Waals surface area (Å²) in [4.78, 5) is 42.1. The van der Waals surface area contributed by atoms with Crippen LogP contribution in [0.25, 0.3) is 0 Å². The lowest BCUT2D eigenvalue weighted by atomic mass is 9.97. The molecule has 7 nitrogen and oxygen atoms in total. The van der Waals surface area contributed by atoms with E-state index >= 15 is 0 Å². The van der Waals surface area contributed by atoms with Gasteiger partial charge in [0.2, 0.25) is 11.8 Å². The molecular weight excluding hydrogens is 442 g/mol. The van der Waals surface area contributed by atoms with E-state index in [9.17, 15) is 14.4 Å². The topological polar surface area (TPSA) is 87.7 Å². The number of rotatable bonds is 10. The normalized spacial score (nSPS) is 19.9. The molecule has 1 aromatic carbocycles. The van der Waals surface area contributed by atoms with E-state index in [4.69, 9.17) is 4.74 Å². The number of nitrogens with zero attached hydrogens (tertiary/aromatic N) is 1. The highest BCUT2D eigenvalue weighted by Gasteiger charge is 2.48. The Hall–Kier alpha value is -2.57. The number of nitrogens with one attached hydrogen (secondary N) is 2. The number of carbonyl (C=O) groups excluding carboxylic acids is 3. The highest BCUT2D eigenvalue weighted by molar-refractivity contribution is 5.92. The van der Waals surface area contributed by atoms with Crippen LogP contribution in [0.15, 0.2) is 24.3 Å². The lowest BCUT2D eigenvalue weighted by Crippen LogP contribution is -2.56. The zero-order valence-corrected chi connectivity index (χ0v) is 23.0. The van der Waals surface area contributed by atoms with Crippen LogP contribution in [0.1, 0.15) is 91.8 Å². The van der Waals surface area contributed by atoms with Gasteiger partial charge in [-0.3, -0.25) is 9.59 Å². The Morgan fingerprint density at radius 3 is 2.11 bits per heavy atom. The number of hydrogen-bond donors (Lipinski definition) is 2. The Kier molecular flexibility index (Phi) is 9.76. The quantitative estimate of drug-likeness (QED) is 0.479. The van der Waals surface area contributed by atoms with Crippen molar-refractivity contribution in [3.63, 3.8) is 0 Å². The minimum atomic E-state index is -0.813. The van der Waals surface area contributed by atoms with Crippen molar-refractivity contribution in [1.82, 2.24) is 15.5 Å². The van der Waals surface area contributed by atoms with Crippen LogP contribution in [0.3, 0.4) is 0 Å². The van der Waals surface area contributed by atoms with Crippen molar-refractivity contribution in [2.24, 2.45) is 11.8 Å². The fourth-order valence-corrected chi connectivity index (χ4v) is 4.29. The molecule has 35 heavy (non-hydrogen) atoms. The predicted molar refractivity (Wildman–Crippen MR) is 139 cm³/mol. The third-order valence-corrected chi connectivity index (χ3v) is 6.31. The van der Waals surface area contributed by atoms with Gasteiger partial charge < -0.3 is 20.3 Å². The summed E-state index contributed by atoms with van der Waals surface area (Å²) in [7, 11) is 0. The first kappa shape index (κ1) is 28.7. The van der Waals surface area contributed by atoms with E-state index in [-0.39, 0.29) is 35.7 Å². The molecule has 0 radical (unpaired) electrons. The lowest BCUT2D eigenvalue weighted by molar-refractivity contribution is -0.144. The predicted octanol–water partition coefficient (Wildman–Crippen LogP) is 5.13. The van der Waals surface area contributed by atoms with Crippen molar-refractivity contribution in [1.29, 1.82) is 0 Å². The molecule has 1 fully saturated rings. The molecule has 196 valence electrons. The molecule has 2 rings (SSSR count). The molecule has 7 heteroatoms. The molecule has 0 spiro atoms. The van der Waals surface area contributed by atoms with Crippen molar-refractivity contribution < 1.29 is 19.1 Å². The van der Waals surface area contributed by atoms with Gasteiger partial charge in [-0.1, -0.05) is 63.9 Å². The van der Waals surface area contributed by atoms with E-state index in [0.717, 1.165) is 30.4 Å². The third kappa shape index (κ3) is 8.25. The van der Waals surface area contributed by atoms with Crippen molar-refractivity contribution in [2.45, 2.75) is 111 Å². The molecule has 3 amide bonds. The van der Waals surface area contributed by atoms with E-state index in [2.05, 4.69) is 24.5 Å². The van der Waals surface area contributed by atoms with Crippen LogP contribution in [0.2, 0.25) is 0 Å². The third-order valence-electron chi connectivity index (χ3n) is 6.31. The Morgan fingerprint density at radius 1 is 1.09 bits per heavy atom. The van der Waals surface area contributed by atoms with Crippen LogP contribution in [0.5, 0.6) is 0 Å². The van der Waals surface area contributed by atoms with E-state index < -0.39 is 23.8 Å². The summed E-state index contributed by atoms with van der Waals surface area (Å²) in [6.45, 7) is 17.3. The maximum Gasteiger partial charge on any atom is 0.408 e. The van der Waals surface area contributed by atoms with Gasteiger partial charge >= 0.3 is 6.09 Å². The largest absolute Gasteiger partial charge is 0.444 e. The van der Waals surface area contributed by atoms with Gasteiger partial charge in [0.05, 0.1) is 0 Å². The first-order valence-electron chi connectivity index (χ1n) is 12.9. The molecular formula is C28H45N3O4. The molecule has 5 unspecified atom stereocenters. The van der Waals surface area contributed by atoms with E-state index in [0.29, 0.717) is 0 Å². The Balaban J connectivity index is 2.46. The summed E-state index contributed by atoms with van der Waals surface area (Å²) in [5.41, 5.74) is 1.17. The van der Waals surface area contributed by atoms with Crippen LogP contribution >= 0.6 is 0 Å². The number of aryl methyl sites for hydroxylation is 1. The SMILES string of the molecule is CCCC(C)NC(=O)C(c1ccc(C)cc1)N(C(=O)C(NC(=O)OC(C)(C)C)C(C)C)C1CC1C.